The average molecular weight is 288 g/mol. The smallest absolute Gasteiger partial charge is 0.149 e. The minimum absolute atomic E-state index is 0.108. The Morgan fingerprint density at radius 2 is 1.38 bits per heavy atom. The van der Waals surface area contributed by atoms with Crippen LogP contribution in [-0.2, 0) is 6.54 Å². The number of rotatable bonds is 3. The third-order valence-corrected chi connectivity index (χ3v) is 3.88. The SMILES string of the molecule is Fc1cccc(F)c1N1CCN(Cc2ccccc2)CC1. The van der Waals surface area contributed by atoms with E-state index in [4.69, 9.17) is 0 Å². The van der Waals surface area contributed by atoms with Crippen molar-refractivity contribution in [3.8, 4) is 0 Å². The predicted molar refractivity (Wildman–Crippen MR) is 80.3 cm³/mol. The van der Waals surface area contributed by atoms with Crippen molar-refractivity contribution in [1.29, 1.82) is 0 Å². The Morgan fingerprint density at radius 3 is 2.00 bits per heavy atom. The van der Waals surface area contributed by atoms with E-state index in [-0.39, 0.29) is 5.69 Å². The molecule has 1 heterocycles. The summed E-state index contributed by atoms with van der Waals surface area (Å²) in [7, 11) is 0. The number of piperazine rings is 1. The number of hydrogen-bond acceptors (Lipinski definition) is 2. The van der Waals surface area contributed by atoms with Gasteiger partial charge in [-0.3, -0.25) is 4.90 Å². The van der Waals surface area contributed by atoms with Crippen molar-refractivity contribution < 1.29 is 8.78 Å². The third-order valence-electron chi connectivity index (χ3n) is 3.88. The Morgan fingerprint density at radius 1 is 0.762 bits per heavy atom. The molecule has 2 aromatic carbocycles. The van der Waals surface area contributed by atoms with Crippen LogP contribution >= 0.6 is 0 Å². The molecule has 2 aromatic rings. The molecule has 0 unspecified atom stereocenters. The van der Waals surface area contributed by atoms with E-state index in [1.807, 2.05) is 18.2 Å². The first-order valence-electron chi connectivity index (χ1n) is 7.19. The lowest BCUT2D eigenvalue weighted by Gasteiger charge is -2.36. The van der Waals surface area contributed by atoms with Gasteiger partial charge in [0.15, 0.2) is 0 Å². The molecule has 1 aliphatic heterocycles. The summed E-state index contributed by atoms with van der Waals surface area (Å²) in [5.41, 5.74) is 1.37. The highest BCUT2D eigenvalue weighted by atomic mass is 19.1. The summed E-state index contributed by atoms with van der Waals surface area (Å²) in [6, 6.07) is 14.3. The summed E-state index contributed by atoms with van der Waals surface area (Å²) < 4.78 is 27.6. The van der Waals surface area contributed by atoms with Crippen LogP contribution in [0.25, 0.3) is 0 Å². The van der Waals surface area contributed by atoms with E-state index in [1.165, 1.54) is 23.8 Å². The lowest BCUT2D eigenvalue weighted by atomic mass is 10.2. The maximum absolute atomic E-state index is 13.8. The van der Waals surface area contributed by atoms with Crippen LogP contribution in [0.5, 0.6) is 0 Å². The monoisotopic (exact) mass is 288 g/mol. The first-order chi connectivity index (χ1) is 10.2. The fourth-order valence-electron chi connectivity index (χ4n) is 2.76. The zero-order chi connectivity index (χ0) is 14.7. The molecule has 110 valence electrons. The molecule has 0 aliphatic carbocycles. The van der Waals surface area contributed by atoms with E-state index in [0.29, 0.717) is 13.1 Å². The van der Waals surface area contributed by atoms with Gasteiger partial charge in [0, 0.05) is 32.7 Å². The second kappa shape index (κ2) is 6.22. The van der Waals surface area contributed by atoms with Gasteiger partial charge in [0.25, 0.3) is 0 Å². The third kappa shape index (κ3) is 3.22. The molecule has 4 heteroatoms. The van der Waals surface area contributed by atoms with Gasteiger partial charge in [0.1, 0.15) is 17.3 Å². The van der Waals surface area contributed by atoms with Crippen molar-refractivity contribution in [2.45, 2.75) is 6.54 Å². The van der Waals surface area contributed by atoms with Crippen molar-refractivity contribution in [2.75, 3.05) is 31.1 Å². The molecular weight excluding hydrogens is 270 g/mol. The van der Waals surface area contributed by atoms with E-state index >= 15 is 0 Å². The Bertz CT molecular complexity index is 573. The molecule has 2 nitrogen and oxygen atoms in total. The number of para-hydroxylation sites is 1. The summed E-state index contributed by atoms with van der Waals surface area (Å²) in [6.07, 6.45) is 0. The zero-order valence-corrected chi connectivity index (χ0v) is 11.8. The van der Waals surface area contributed by atoms with Crippen LogP contribution < -0.4 is 4.90 Å². The molecule has 1 fully saturated rings. The molecule has 0 atom stereocenters. The van der Waals surface area contributed by atoms with Gasteiger partial charge in [-0.25, -0.2) is 8.78 Å². The summed E-state index contributed by atoms with van der Waals surface area (Å²) in [5, 5.41) is 0. The molecule has 0 spiro atoms. The van der Waals surface area contributed by atoms with Gasteiger partial charge in [-0.05, 0) is 17.7 Å². The van der Waals surface area contributed by atoms with Gasteiger partial charge in [-0.1, -0.05) is 36.4 Å². The van der Waals surface area contributed by atoms with Gasteiger partial charge >= 0.3 is 0 Å². The number of benzene rings is 2. The van der Waals surface area contributed by atoms with Crippen LogP contribution in [0, 0.1) is 11.6 Å². The van der Waals surface area contributed by atoms with E-state index in [2.05, 4.69) is 17.0 Å². The van der Waals surface area contributed by atoms with Gasteiger partial charge < -0.3 is 4.90 Å². The second-order valence-corrected chi connectivity index (χ2v) is 5.32. The minimum atomic E-state index is -0.480. The summed E-state index contributed by atoms with van der Waals surface area (Å²) >= 11 is 0. The summed E-state index contributed by atoms with van der Waals surface area (Å²) in [6.45, 7) is 3.79. The average Bonchev–Trinajstić information content (AvgIpc) is 2.50. The second-order valence-electron chi connectivity index (χ2n) is 5.32. The Balaban J connectivity index is 1.63. The highest BCUT2D eigenvalue weighted by Crippen LogP contribution is 2.24. The van der Waals surface area contributed by atoms with Crippen LogP contribution in [0.15, 0.2) is 48.5 Å². The lowest BCUT2D eigenvalue weighted by molar-refractivity contribution is 0.248. The molecular formula is C17H18F2N2. The van der Waals surface area contributed by atoms with Crippen molar-refractivity contribution in [3.63, 3.8) is 0 Å². The minimum Gasteiger partial charge on any atom is -0.364 e. The fraction of sp³-hybridized carbons (Fsp3) is 0.294. The quantitative estimate of drug-likeness (QED) is 0.855. The molecule has 3 rings (SSSR count). The van der Waals surface area contributed by atoms with Crippen LogP contribution in [0.4, 0.5) is 14.5 Å². The number of anilines is 1. The summed E-state index contributed by atoms with van der Waals surface area (Å²) in [4.78, 5) is 4.11. The molecule has 0 aromatic heterocycles. The molecule has 0 saturated carbocycles. The molecule has 0 radical (unpaired) electrons. The van der Waals surface area contributed by atoms with Crippen LogP contribution in [-0.4, -0.2) is 31.1 Å². The summed E-state index contributed by atoms with van der Waals surface area (Å²) in [5.74, 6) is -0.960. The molecule has 0 N–H and O–H groups in total. The highest BCUT2D eigenvalue weighted by molar-refractivity contribution is 5.49. The van der Waals surface area contributed by atoms with Gasteiger partial charge in [0.2, 0.25) is 0 Å². The van der Waals surface area contributed by atoms with Crippen molar-refractivity contribution >= 4 is 5.69 Å². The van der Waals surface area contributed by atoms with E-state index < -0.39 is 11.6 Å². The molecule has 0 bridgehead atoms. The van der Waals surface area contributed by atoms with Gasteiger partial charge in [-0.2, -0.15) is 0 Å². The first kappa shape index (κ1) is 14.0. The van der Waals surface area contributed by atoms with Crippen molar-refractivity contribution in [3.05, 3.63) is 65.7 Å². The zero-order valence-electron chi connectivity index (χ0n) is 11.8. The number of nitrogens with zero attached hydrogens (tertiary/aromatic N) is 2. The first-order valence-corrected chi connectivity index (χ1v) is 7.19. The molecule has 1 saturated heterocycles. The van der Waals surface area contributed by atoms with E-state index in [9.17, 15) is 8.78 Å². The molecule has 21 heavy (non-hydrogen) atoms. The Labute approximate surface area is 123 Å². The van der Waals surface area contributed by atoms with Gasteiger partial charge in [0.05, 0.1) is 0 Å². The Kier molecular flexibility index (Phi) is 4.15. The maximum Gasteiger partial charge on any atom is 0.149 e. The largest absolute Gasteiger partial charge is 0.364 e. The van der Waals surface area contributed by atoms with E-state index in [0.717, 1.165) is 19.6 Å². The standard InChI is InChI=1S/C17H18F2N2/c18-15-7-4-8-16(19)17(15)21-11-9-20(10-12-21)13-14-5-2-1-3-6-14/h1-8H,9-13H2. The predicted octanol–water partition coefficient (Wildman–Crippen LogP) is 3.29. The highest BCUT2D eigenvalue weighted by Gasteiger charge is 2.22. The molecule has 0 amide bonds. The van der Waals surface area contributed by atoms with E-state index in [1.54, 1.807) is 4.90 Å². The van der Waals surface area contributed by atoms with Crippen LogP contribution in [0.2, 0.25) is 0 Å². The fourth-order valence-corrected chi connectivity index (χ4v) is 2.76. The van der Waals surface area contributed by atoms with Gasteiger partial charge in [-0.15, -0.1) is 0 Å². The number of halogens is 2. The number of hydrogen-bond donors (Lipinski definition) is 0. The van der Waals surface area contributed by atoms with Crippen LogP contribution in [0.1, 0.15) is 5.56 Å². The van der Waals surface area contributed by atoms with Crippen molar-refractivity contribution in [2.24, 2.45) is 0 Å². The van der Waals surface area contributed by atoms with Crippen molar-refractivity contribution in [1.82, 2.24) is 4.90 Å². The maximum atomic E-state index is 13.8. The Hall–Kier alpha value is -1.94. The topological polar surface area (TPSA) is 6.48 Å². The normalized spacial score (nSPS) is 16.2. The molecule has 1 aliphatic rings. The van der Waals surface area contributed by atoms with Crippen LogP contribution in [0.3, 0.4) is 0 Å². The lowest BCUT2D eigenvalue weighted by Crippen LogP contribution is -2.46.